The third kappa shape index (κ3) is 3.68. The Hall–Kier alpha value is -1.19. The van der Waals surface area contributed by atoms with Crippen molar-refractivity contribution in [2.75, 3.05) is 6.54 Å². The van der Waals surface area contributed by atoms with Gasteiger partial charge < -0.3 is 5.32 Å². The Balaban J connectivity index is 2.23. The molecule has 1 atom stereocenters. The number of hydrogen-bond donors (Lipinski definition) is 1. The summed E-state index contributed by atoms with van der Waals surface area (Å²) >= 11 is 1.76. The molecule has 1 heterocycles. The predicted molar refractivity (Wildman–Crippen MR) is 87.5 cm³/mol. The number of thiazole rings is 1. The molecule has 0 aliphatic carbocycles. The van der Waals surface area contributed by atoms with Gasteiger partial charge in [-0.3, -0.25) is 0 Å². The fourth-order valence-electron chi connectivity index (χ4n) is 2.46. The van der Waals surface area contributed by atoms with E-state index in [2.05, 4.69) is 56.2 Å². The molecule has 20 heavy (non-hydrogen) atoms. The molecule has 0 saturated heterocycles. The van der Waals surface area contributed by atoms with Gasteiger partial charge in [-0.15, -0.1) is 11.3 Å². The third-order valence-corrected chi connectivity index (χ3v) is 4.71. The lowest BCUT2D eigenvalue weighted by Crippen LogP contribution is -2.24. The van der Waals surface area contributed by atoms with Crippen LogP contribution in [0.3, 0.4) is 0 Å². The second-order valence-electron chi connectivity index (χ2n) is 5.44. The van der Waals surface area contributed by atoms with Crippen molar-refractivity contribution in [1.82, 2.24) is 10.3 Å². The molecule has 3 heteroatoms. The van der Waals surface area contributed by atoms with Gasteiger partial charge in [-0.2, -0.15) is 0 Å². The van der Waals surface area contributed by atoms with Crippen molar-refractivity contribution in [2.24, 2.45) is 0 Å². The summed E-state index contributed by atoms with van der Waals surface area (Å²) in [7, 11) is 0. The summed E-state index contributed by atoms with van der Waals surface area (Å²) in [6.07, 6.45) is 2.19. The van der Waals surface area contributed by atoms with Crippen LogP contribution in [-0.2, 0) is 6.42 Å². The molecule has 0 spiro atoms. The normalized spacial score (nSPS) is 12.6. The predicted octanol–water partition coefficient (Wildman–Crippen LogP) is 4.35. The molecule has 0 saturated carbocycles. The Morgan fingerprint density at radius 3 is 2.70 bits per heavy atom. The first-order valence-electron chi connectivity index (χ1n) is 7.31. The highest BCUT2D eigenvalue weighted by Crippen LogP contribution is 2.26. The van der Waals surface area contributed by atoms with Crippen LogP contribution < -0.4 is 5.32 Å². The van der Waals surface area contributed by atoms with Crippen molar-refractivity contribution >= 4 is 11.3 Å². The molecule has 108 valence electrons. The third-order valence-electron chi connectivity index (χ3n) is 3.67. The van der Waals surface area contributed by atoms with Crippen molar-refractivity contribution in [3.05, 3.63) is 51.0 Å². The fraction of sp³-hybridized carbons (Fsp3) is 0.471. The Bertz CT molecular complexity index is 560. The van der Waals surface area contributed by atoms with Crippen molar-refractivity contribution in [3.8, 4) is 0 Å². The van der Waals surface area contributed by atoms with Crippen molar-refractivity contribution in [3.63, 3.8) is 0 Å². The molecular weight excluding hydrogens is 264 g/mol. The first-order chi connectivity index (χ1) is 9.61. The lowest BCUT2D eigenvalue weighted by Gasteiger charge is -2.19. The number of aryl methyl sites for hydroxylation is 3. The van der Waals surface area contributed by atoms with Crippen molar-refractivity contribution in [2.45, 2.75) is 46.6 Å². The summed E-state index contributed by atoms with van der Waals surface area (Å²) in [5, 5.41) is 3.68. The summed E-state index contributed by atoms with van der Waals surface area (Å²) in [5.41, 5.74) is 7.26. The zero-order valence-corrected chi connectivity index (χ0v) is 13.7. The number of benzene rings is 1. The fourth-order valence-corrected chi connectivity index (χ4v) is 3.34. The minimum Gasteiger partial charge on any atom is -0.309 e. The van der Waals surface area contributed by atoms with Crippen LogP contribution in [-0.4, -0.2) is 11.5 Å². The van der Waals surface area contributed by atoms with E-state index in [0.29, 0.717) is 6.04 Å². The Morgan fingerprint density at radius 1 is 1.25 bits per heavy atom. The molecule has 0 fully saturated rings. The topological polar surface area (TPSA) is 24.9 Å². The summed E-state index contributed by atoms with van der Waals surface area (Å²) in [6, 6.07) is 7.10. The van der Waals surface area contributed by atoms with Gasteiger partial charge in [-0.25, -0.2) is 4.98 Å². The van der Waals surface area contributed by atoms with E-state index in [9.17, 15) is 0 Å². The highest BCUT2D eigenvalue weighted by Gasteiger charge is 2.17. The van der Waals surface area contributed by atoms with Gasteiger partial charge >= 0.3 is 0 Å². The lowest BCUT2D eigenvalue weighted by molar-refractivity contribution is 0.533. The summed E-state index contributed by atoms with van der Waals surface area (Å²) in [6.45, 7) is 9.73. The second kappa shape index (κ2) is 7.00. The summed E-state index contributed by atoms with van der Waals surface area (Å²) in [4.78, 5) is 5.78. The molecule has 2 aromatic rings. The molecule has 1 aromatic heterocycles. The first kappa shape index (κ1) is 15.2. The highest BCUT2D eigenvalue weighted by atomic mass is 32.1. The average Bonchev–Trinajstić information content (AvgIpc) is 2.84. The van der Waals surface area contributed by atoms with Gasteiger partial charge in [0.25, 0.3) is 0 Å². The highest BCUT2D eigenvalue weighted by molar-refractivity contribution is 7.09. The maximum absolute atomic E-state index is 4.41. The van der Waals surface area contributed by atoms with Gasteiger partial charge in [0.2, 0.25) is 0 Å². The molecule has 0 radical (unpaired) electrons. The van der Waals surface area contributed by atoms with Gasteiger partial charge in [-0.1, -0.05) is 30.7 Å². The van der Waals surface area contributed by atoms with Gasteiger partial charge in [0.05, 0.1) is 11.2 Å². The quantitative estimate of drug-likeness (QED) is 0.854. The standard InChI is InChI=1S/C17H24N2S/c1-5-8-18-16(17-14(4)19-11-20-17)10-15-9-12(2)6-7-13(15)3/h6-7,9,11,16,18H,5,8,10H2,1-4H3. The van der Waals surface area contributed by atoms with E-state index in [1.165, 1.54) is 21.6 Å². The maximum atomic E-state index is 4.41. The van der Waals surface area contributed by atoms with E-state index in [-0.39, 0.29) is 0 Å². The smallest absolute Gasteiger partial charge is 0.0798 e. The number of nitrogens with zero attached hydrogens (tertiary/aromatic N) is 1. The Kier molecular flexibility index (Phi) is 5.32. The van der Waals surface area contributed by atoms with Crippen LogP contribution in [0.2, 0.25) is 0 Å². The van der Waals surface area contributed by atoms with Crippen molar-refractivity contribution < 1.29 is 0 Å². The summed E-state index contributed by atoms with van der Waals surface area (Å²) < 4.78 is 0. The van der Waals surface area contributed by atoms with Crippen LogP contribution in [0.1, 0.15) is 46.6 Å². The van der Waals surface area contributed by atoms with Gasteiger partial charge in [-0.05, 0) is 51.3 Å². The molecule has 1 unspecified atom stereocenters. The lowest BCUT2D eigenvalue weighted by atomic mass is 9.97. The van der Waals surface area contributed by atoms with Crippen LogP contribution in [0, 0.1) is 20.8 Å². The minimum atomic E-state index is 0.378. The molecule has 0 amide bonds. The van der Waals surface area contributed by atoms with Gasteiger partial charge in [0, 0.05) is 10.9 Å². The number of hydrogen-bond acceptors (Lipinski definition) is 3. The van der Waals surface area contributed by atoms with Crippen LogP contribution in [0.5, 0.6) is 0 Å². The van der Waals surface area contributed by atoms with E-state index < -0.39 is 0 Å². The van der Waals surface area contributed by atoms with E-state index >= 15 is 0 Å². The molecule has 2 nitrogen and oxygen atoms in total. The summed E-state index contributed by atoms with van der Waals surface area (Å²) in [5.74, 6) is 0. The van der Waals surface area contributed by atoms with Crippen LogP contribution in [0.4, 0.5) is 0 Å². The van der Waals surface area contributed by atoms with Crippen LogP contribution >= 0.6 is 11.3 Å². The molecule has 2 rings (SSSR count). The maximum Gasteiger partial charge on any atom is 0.0798 e. The average molecular weight is 288 g/mol. The number of rotatable bonds is 6. The molecule has 0 aliphatic rings. The van der Waals surface area contributed by atoms with E-state index in [0.717, 1.165) is 25.1 Å². The van der Waals surface area contributed by atoms with Crippen molar-refractivity contribution in [1.29, 1.82) is 0 Å². The van der Waals surface area contributed by atoms with Gasteiger partial charge in [0.1, 0.15) is 0 Å². The second-order valence-corrected chi connectivity index (χ2v) is 6.33. The van der Waals surface area contributed by atoms with Crippen LogP contribution in [0.15, 0.2) is 23.7 Å². The van der Waals surface area contributed by atoms with E-state index in [4.69, 9.17) is 0 Å². The zero-order chi connectivity index (χ0) is 14.5. The zero-order valence-electron chi connectivity index (χ0n) is 12.9. The number of nitrogens with one attached hydrogen (secondary N) is 1. The molecule has 1 N–H and O–H groups in total. The largest absolute Gasteiger partial charge is 0.309 e. The molecule has 0 bridgehead atoms. The number of aromatic nitrogens is 1. The van der Waals surface area contributed by atoms with E-state index in [1.54, 1.807) is 11.3 Å². The monoisotopic (exact) mass is 288 g/mol. The van der Waals surface area contributed by atoms with Gasteiger partial charge in [0.15, 0.2) is 0 Å². The Labute approximate surface area is 126 Å². The van der Waals surface area contributed by atoms with Crippen LogP contribution in [0.25, 0.3) is 0 Å². The first-order valence-corrected chi connectivity index (χ1v) is 8.19. The van der Waals surface area contributed by atoms with E-state index in [1.807, 2.05) is 5.51 Å². The minimum absolute atomic E-state index is 0.378. The molecular formula is C17H24N2S. The molecule has 0 aliphatic heterocycles. The SMILES string of the molecule is CCCNC(Cc1cc(C)ccc1C)c1scnc1C. The molecule has 1 aromatic carbocycles. The Morgan fingerprint density at radius 2 is 2.05 bits per heavy atom.